The fourth-order valence-corrected chi connectivity index (χ4v) is 4.23. The molecule has 0 bridgehead atoms. The molecule has 1 saturated heterocycles. The van der Waals surface area contributed by atoms with Gasteiger partial charge in [-0.15, -0.1) is 0 Å². The van der Waals surface area contributed by atoms with Gasteiger partial charge in [0.15, 0.2) is 0 Å². The average Bonchev–Trinajstić information content (AvgIpc) is 2.74. The van der Waals surface area contributed by atoms with Crippen molar-refractivity contribution in [2.75, 3.05) is 20.2 Å². The van der Waals surface area contributed by atoms with E-state index in [0.717, 1.165) is 49.8 Å². The molecule has 1 aliphatic carbocycles. The normalized spacial score (nSPS) is 17.2. The Kier molecular flexibility index (Phi) is 5.46. The lowest BCUT2D eigenvalue weighted by Crippen LogP contribution is -2.40. The number of hydrogen-bond acceptors (Lipinski definition) is 4. The standard InChI is InChI=1S/C22H27N3O3/c1-28-19-7-4-6-18(13-19)22(27)24-11-9-16(10-12-24)15-25-21(26)14-17-5-2-3-8-20(17)23-25/h4,6-7,13-14,16H,2-3,5,8-12,15H2,1H3. The maximum atomic E-state index is 12.8. The van der Waals surface area contributed by atoms with E-state index >= 15 is 0 Å². The molecule has 0 radical (unpaired) electrons. The zero-order chi connectivity index (χ0) is 19.5. The summed E-state index contributed by atoms with van der Waals surface area (Å²) in [6, 6.07) is 9.07. The molecule has 0 atom stereocenters. The number of nitrogens with zero attached hydrogens (tertiary/aromatic N) is 3. The SMILES string of the molecule is COc1cccc(C(=O)N2CCC(Cn3nc4c(cc3=O)CCCC4)CC2)c1. The van der Waals surface area contributed by atoms with Crippen LogP contribution in [0.2, 0.25) is 0 Å². The van der Waals surface area contributed by atoms with Crippen LogP contribution >= 0.6 is 0 Å². The lowest BCUT2D eigenvalue weighted by Gasteiger charge is -2.32. The lowest BCUT2D eigenvalue weighted by molar-refractivity contribution is 0.0680. The van der Waals surface area contributed by atoms with Gasteiger partial charge in [0.05, 0.1) is 12.8 Å². The van der Waals surface area contributed by atoms with Crippen molar-refractivity contribution < 1.29 is 9.53 Å². The lowest BCUT2D eigenvalue weighted by atomic mass is 9.95. The highest BCUT2D eigenvalue weighted by molar-refractivity contribution is 5.94. The van der Waals surface area contributed by atoms with E-state index in [1.54, 1.807) is 23.9 Å². The molecule has 0 saturated carbocycles. The summed E-state index contributed by atoms with van der Waals surface area (Å²) in [5.74, 6) is 1.11. The molecule has 6 heteroatoms. The number of piperidine rings is 1. The van der Waals surface area contributed by atoms with Crippen molar-refractivity contribution in [2.45, 2.75) is 45.1 Å². The topological polar surface area (TPSA) is 64.4 Å². The second kappa shape index (κ2) is 8.17. The van der Waals surface area contributed by atoms with Gasteiger partial charge in [-0.25, -0.2) is 4.68 Å². The van der Waals surface area contributed by atoms with Gasteiger partial charge in [0.1, 0.15) is 5.75 Å². The van der Waals surface area contributed by atoms with E-state index in [9.17, 15) is 9.59 Å². The molecule has 6 nitrogen and oxygen atoms in total. The summed E-state index contributed by atoms with van der Waals surface area (Å²) in [6.45, 7) is 2.06. The summed E-state index contributed by atoms with van der Waals surface area (Å²) < 4.78 is 6.86. The number of ether oxygens (including phenoxy) is 1. The summed E-state index contributed by atoms with van der Waals surface area (Å²) in [5, 5.41) is 4.64. The molecule has 4 rings (SSSR count). The molecule has 1 amide bonds. The summed E-state index contributed by atoms with van der Waals surface area (Å²) in [7, 11) is 1.60. The molecule has 2 heterocycles. The van der Waals surface area contributed by atoms with E-state index in [2.05, 4.69) is 5.10 Å². The van der Waals surface area contributed by atoms with Gasteiger partial charge in [-0.05, 0) is 68.2 Å². The maximum Gasteiger partial charge on any atom is 0.267 e. The van der Waals surface area contributed by atoms with Crippen LogP contribution in [0.5, 0.6) is 5.75 Å². The number of benzene rings is 1. The smallest absolute Gasteiger partial charge is 0.267 e. The van der Waals surface area contributed by atoms with Gasteiger partial charge in [0.2, 0.25) is 0 Å². The number of carbonyl (C=O) groups is 1. The molecule has 28 heavy (non-hydrogen) atoms. The van der Waals surface area contributed by atoms with Crippen molar-refractivity contribution >= 4 is 5.91 Å². The van der Waals surface area contributed by atoms with Crippen LogP contribution in [0.1, 0.15) is 47.3 Å². The fourth-order valence-electron chi connectivity index (χ4n) is 4.23. The Hall–Kier alpha value is -2.63. The maximum absolute atomic E-state index is 12.8. The minimum Gasteiger partial charge on any atom is -0.497 e. The molecule has 0 unspecified atom stereocenters. The highest BCUT2D eigenvalue weighted by Crippen LogP contribution is 2.22. The van der Waals surface area contributed by atoms with Gasteiger partial charge in [-0.1, -0.05) is 6.07 Å². The van der Waals surface area contributed by atoms with Crippen molar-refractivity contribution in [1.82, 2.24) is 14.7 Å². The highest BCUT2D eigenvalue weighted by Gasteiger charge is 2.25. The average molecular weight is 381 g/mol. The minimum absolute atomic E-state index is 0.00976. The van der Waals surface area contributed by atoms with Crippen molar-refractivity contribution in [2.24, 2.45) is 5.92 Å². The van der Waals surface area contributed by atoms with Gasteiger partial charge in [-0.2, -0.15) is 5.10 Å². The molecule has 1 aromatic carbocycles. The third-order valence-electron chi connectivity index (χ3n) is 5.92. The van der Waals surface area contributed by atoms with Gasteiger partial charge in [0.25, 0.3) is 11.5 Å². The number of fused-ring (bicyclic) bond motifs is 1. The Bertz CT molecular complexity index is 913. The van der Waals surface area contributed by atoms with Crippen molar-refractivity contribution in [3.63, 3.8) is 0 Å². The third-order valence-corrected chi connectivity index (χ3v) is 5.92. The van der Waals surface area contributed by atoms with Crippen molar-refractivity contribution in [3.8, 4) is 5.75 Å². The quantitative estimate of drug-likeness (QED) is 0.817. The molecule has 1 fully saturated rings. The van der Waals surface area contributed by atoms with Crippen LogP contribution in [0, 0.1) is 5.92 Å². The van der Waals surface area contributed by atoms with Crippen LogP contribution in [0.4, 0.5) is 0 Å². The zero-order valence-electron chi connectivity index (χ0n) is 16.4. The minimum atomic E-state index is 0.00976. The van der Waals surface area contributed by atoms with Crippen LogP contribution in [-0.2, 0) is 19.4 Å². The Morgan fingerprint density at radius 3 is 2.75 bits per heavy atom. The van der Waals surface area contributed by atoms with Crippen LogP contribution in [-0.4, -0.2) is 40.8 Å². The largest absolute Gasteiger partial charge is 0.497 e. The van der Waals surface area contributed by atoms with Gasteiger partial charge in [0, 0.05) is 31.3 Å². The molecular formula is C22H27N3O3. The van der Waals surface area contributed by atoms with E-state index in [1.165, 1.54) is 0 Å². The first kappa shape index (κ1) is 18.7. The molecule has 1 aliphatic heterocycles. The molecule has 2 aliphatic rings. The Balaban J connectivity index is 1.38. The number of hydrogen-bond donors (Lipinski definition) is 0. The molecule has 0 spiro atoms. The number of aryl methyl sites for hydroxylation is 2. The number of aromatic nitrogens is 2. The molecular weight excluding hydrogens is 354 g/mol. The molecule has 1 aromatic heterocycles. The predicted molar refractivity (Wildman–Crippen MR) is 107 cm³/mol. The first-order valence-corrected chi connectivity index (χ1v) is 10.2. The number of rotatable bonds is 4. The first-order valence-electron chi connectivity index (χ1n) is 10.2. The molecule has 0 N–H and O–H groups in total. The Labute approximate surface area is 165 Å². The predicted octanol–water partition coefficient (Wildman–Crippen LogP) is 2.68. The highest BCUT2D eigenvalue weighted by atomic mass is 16.5. The van der Waals surface area contributed by atoms with Crippen LogP contribution in [0.15, 0.2) is 35.1 Å². The van der Waals surface area contributed by atoms with Gasteiger partial charge >= 0.3 is 0 Å². The van der Waals surface area contributed by atoms with E-state index in [0.29, 0.717) is 36.9 Å². The van der Waals surface area contributed by atoms with Crippen LogP contribution in [0.3, 0.4) is 0 Å². The van der Waals surface area contributed by atoms with Crippen LogP contribution < -0.4 is 10.3 Å². The van der Waals surface area contributed by atoms with Crippen molar-refractivity contribution in [1.29, 1.82) is 0 Å². The van der Waals surface area contributed by atoms with Crippen molar-refractivity contribution in [3.05, 3.63) is 57.5 Å². The first-order chi connectivity index (χ1) is 13.6. The number of amides is 1. The zero-order valence-corrected chi connectivity index (χ0v) is 16.4. The summed E-state index contributed by atoms with van der Waals surface area (Å²) in [4.78, 5) is 27.1. The Morgan fingerprint density at radius 1 is 1.18 bits per heavy atom. The second-order valence-corrected chi connectivity index (χ2v) is 7.81. The molecule has 2 aromatic rings. The van der Waals surface area contributed by atoms with Gasteiger partial charge < -0.3 is 9.64 Å². The van der Waals surface area contributed by atoms with E-state index < -0.39 is 0 Å². The fraction of sp³-hybridized carbons (Fsp3) is 0.500. The third kappa shape index (κ3) is 3.96. The monoisotopic (exact) mass is 381 g/mol. The number of likely N-dealkylation sites (tertiary alicyclic amines) is 1. The summed E-state index contributed by atoms with van der Waals surface area (Å²) in [5.41, 5.74) is 2.89. The van der Waals surface area contributed by atoms with E-state index in [-0.39, 0.29) is 11.5 Å². The summed E-state index contributed by atoms with van der Waals surface area (Å²) in [6.07, 6.45) is 6.04. The summed E-state index contributed by atoms with van der Waals surface area (Å²) >= 11 is 0. The van der Waals surface area contributed by atoms with E-state index in [1.807, 2.05) is 23.1 Å². The molecule has 148 valence electrons. The van der Waals surface area contributed by atoms with Crippen LogP contribution in [0.25, 0.3) is 0 Å². The number of carbonyl (C=O) groups excluding carboxylic acids is 1. The van der Waals surface area contributed by atoms with Gasteiger partial charge in [-0.3, -0.25) is 9.59 Å². The Morgan fingerprint density at radius 2 is 1.96 bits per heavy atom. The number of methoxy groups -OCH3 is 1. The van der Waals surface area contributed by atoms with E-state index in [4.69, 9.17) is 4.74 Å². The second-order valence-electron chi connectivity index (χ2n) is 7.81.